The Morgan fingerprint density at radius 3 is 2.30 bits per heavy atom. The van der Waals surface area contributed by atoms with Crippen molar-refractivity contribution in [2.75, 3.05) is 21.3 Å². The van der Waals surface area contributed by atoms with Crippen molar-refractivity contribution in [1.82, 2.24) is 5.32 Å². The van der Waals surface area contributed by atoms with Gasteiger partial charge in [-0.15, -0.1) is 0 Å². The van der Waals surface area contributed by atoms with E-state index in [1.54, 1.807) is 27.4 Å². The predicted molar refractivity (Wildman–Crippen MR) is 77.6 cm³/mol. The van der Waals surface area contributed by atoms with Gasteiger partial charge < -0.3 is 25.3 Å². The molecule has 1 aromatic carbocycles. The normalized spacial score (nSPS) is 14.8. The van der Waals surface area contributed by atoms with Crippen molar-refractivity contribution >= 4 is 5.96 Å². The number of nitrogens with zero attached hydrogens (tertiary/aromatic N) is 1. The van der Waals surface area contributed by atoms with E-state index in [0.717, 1.165) is 18.4 Å². The second-order valence-electron chi connectivity index (χ2n) is 4.64. The van der Waals surface area contributed by atoms with Crippen molar-refractivity contribution in [3.63, 3.8) is 0 Å². The summed E-state index contributed by atoms with van der Waals surface area (Å²) in [6, 6.07) is 4.13. The molecular formula is C14H21N3O3. The summed E-state index contributed by atoms with van der Waals surface area (Å²) >= 11 is 0. The molecule has 0 aliphatic heterocycles. The summed E-state index contributed by atoms with van der Waals surface area (Å²) in [5.74, 6) is 2.43. The zero-order valence-electron chi connectivity index (χ0n) is 12.1. The van der Waals surface area contributed by atoms with Crippen LogP contribution in [0.1, 0.15) is 18.4 Å². The lowest BCUT2D eigenvalue weighted by Gasteiger charge is -2.13. The first kappa shape index (κ1) is 14.3. The zero-order valence-corrected chi connectivity index (χ0v) is 12.1. The largest absolute Gasteiger partial charge is 0.496 e. The molecule has 20 heavy (non-hydrogen) atoms. The molecular weight excluding hydrogens is 258 g/mol. The summed E-state index contributed by atoms with van der Waals surface area (Å²) in [5.41, 5.74) is 6.72. The highest BCUT2D eigenvalue weighted by Gasteiger charge is 2.21. The number of aliphatic imine (C=N–C) groups is 1. The average molecular weight is 279 g/mol. The molecule has 0 bridgehead atoms. The van der Waals surface area contributed by atoms with Gasteiger partial charge in [-0.25, -0.2) is 4.99 Å². The van der Waals surface area contributed by atoms with Gasteiger partial charge in [0.1, 0.15) is 5.75 Å². The molecule has 1 aliphatic carbocycles. The predicted octanol–water partition coefficient (Wildman–Crippen LogP) is 1.28. The SMILES string of the molecule is COc1cc(OC)c(OC)cc1CN=C(N)NC1CC1. The zero-order chi connectivity index (χ0) is 14.5. The molecule has 0 radical (unpaired) electrons. The molecule has 2 rings (SSSR count). The van der Waals surface area contributed by atoms with Gasteiger partial charge in [-0.05, 0) is 18.9 Å². The molecule has 0 amide bonds. The second-order valence-corrected chi connectivity index (χ2v) is 4.64. The lowest BCUT2D eigenvalue weighted by molar-refractivity contribution is 0.347. The monoisotopic (exact) mass is 279 g/mol. The van der Waals surface area contributed by atoms with Crippen LogP contribution in [-0.2, 0) is 6.54 Å². The van der Waals surface area contributed by atoms with E-state index in [-0.39, 0.29) is 0 Å². The van der Waals surface area contributed by atoms with E-state index in [1.165, 1.54) is 0 Å². The van der Waals surface area contributed by atoms with E-state index < -0.39 is 0 Å². The third kappa shape index (κ3) is 3.46. The van der Waals surface area contributed by atoms with E-state index in [9.17, 15) is 0 Å². The van der Waals surface area contributed by atoms with Gasteiger partial charge in [0, 0.05) is 17.7 Å². The number of ether oxygens (including phenoxy) is 3. The molecule has 1 aliphatic rings. The topological polar surface area (TPSA) is 78.1 Å². The number of hydrogen-bond donors (Lipinski definition) is 2. The molecule has 0 aromatic heterocycles. The first-order chi connectivity index (χ1) is 9.67. The fraction of sp³-hybridized carbons (Fsp3) is 0.500. The van der Waals surface area contributed by atoms with Gasteiger partial charge in [-0.3, -0.25) is 0 Å². The van der Waals surface area contributed by atoms with E-state index in [2.05, 4.69) is 10.3 Å². The van der Waals surface area contributed by atoms with Crippen LogP contribution < -0.4 is 25.3 Å². The highest BCUT2D eigenvalue weighted by atomic mass is 16.5. The van der Waals surface area contributed by atoms with Crippen molar-refractivity contribution in [1.29, 1.82) is 0 Å². The minimum absolute atomic E-state index is 0.426. The summed E-state index contributed by atoms with van der Waals surface area (Å²) in [4.78, 5) is 4.32. The van der Waals surface area contributed by atoms with Gasteiger partial charge in [0.15, 0.2) is 17.5 Å². The Bertz CT molecular complexity index is 499. The summed E-state index contributed by atoms with van der Waals surface area (Å²) in [5, 5.41) is 3.14. The molecule has 0 spiro atoms. The lowest BCUT2D eigenvalue weighted by atomic mass is 10.1. The Balaban J connectivity index is 2.16. The van der Waals surface area contributed by atoms with Gasteiger partial charge in [0.05, 0.1) is 27.9 Å². The van der Waals surface area contributed by atoms with Gasteiger partial charge in [-0.2, -0.15) is 0 Å². The maximum atomic E-state index is 5.82. The molecule has 1 aromatic rings. The quantitative estimate of drug-likeness (QED) is 0.606. The molecule has 0 saturated heterocycles. The maximum absolute atomic E-state index is 5.82. The lowest BCUT2D eigenvalue weighted by Crippen LogP contribution is -2.33. The summed E-state index contributed by atoms with van der Waals surface area (Å²) in [7, 11) is 4.80. The number of rotatable bonds is 6. The summed E-state index contributed by atoms with van der Waals surface area (Å²) in [6.07, 6.45) is 2.33. The molecule has 0 atom stereocenters. The summed E-state index contributed by atoms with van der Waals surface area (Å²) < 4.78 is 15.9. The average Bonchev–Trinajstić information content (AvgIpc) is 3.27. The minimum Gasteiger partial charge on any atom is -0.496 e. The van der Waals surface area contributed by atoms with Gasteiger partial charge in [-0.1, -0.05) is 0 Å². The van der Waals surface area contributed by atoms with Gasteiger partial charge >= 0.3 is 0 Å². The fourth-order valence-corrected chi connectivity index (χ4v) is 1.87. The van der Waals surface area contributed by atoms with Crippen LogP contribution in [0.25, 0.3) is 0 Å². The number of nitrogens with one attached hydrogen (secondary N) is 1. The fourth-order valence-electron chi connectivity index (χ4n) is 1.87. The molecule has 110 valence electrons. The Morgan fingerprint density at radius 1 is 1.15 bits per heavy atom. The van der Waals surface area contributed by atoms with Crippen molar-refractivity contribution in [3.8, 4) is 17.2 Å². The highest BCUT2D eigenvalue weighted by Crippen LogP contribution is 2.34. The van der Waals surface area contributed by atoms with Crippen molar-refractivity contribution < 1.29 is 14.2 Å². The maximum Gasteiger partial charge on any atom is 0.189 e. The summed E-state index contributed by atoms with van der Waals surface area (Å²) in [6.45, 7) is 0.426. The molecule has 6 heteroatoms. The number of nitrogens with two attached hydrogens (primary N) is 1. The molecule has 1 saturated carbocycles. The number of methoxy groups -OCH3 is 3. The molecule has 1 fully saturated rings. The van der Waals surface area contributed by atoms with Crippen molar-refractivity contribution in [2.24, 2.45) is 10.7 Å². The van der Waals surface area contributed by atoms with Crippen LogP contribution in [0.5, 0.6) is 17.2 Å². The number of benzene rings is 1. The van der Waals surface area contributed by atoms with Crippen LogP contribution in [-0.4, -0.2) is 33.3 Å². The number of guanidine groups is 1. The van der Waals surface area contributed by atoms with E-state index in [1.807, 2.05) is 6.07 Å². The van der Waals surface area contributed by atoms with Crippen LogP contribution in [0.3, 0.4) is 0 Å². The van der Waals surface area contributed by atoms with Crippen LogP contribution in [0, 0.1) is 0 Å². The van der Waals surface area contributed by atoms with E-state index in [0.29, 0.717) is 35.8 Å². The Labute approximate surface area is 118 Å². The van der Waals surface area contributed by atoms with Gasteiger partial charge in [0.25, 0.3) is 0 Å². The van der Waals surface area contributed by atoms with Crippen molar-refractivity contribution in [3.05, 3.63) is 17.7 Å². The third-order valence-electron chi connectivity index (χ3n) is 3.14. The Morgan fingerprint density at radius 2 is 1.75 bits per heavy atom. The van der Waals surface area contributed by atoms with Crippen LogP contribution in [0.2, 0.25) is 0 Å². The van der Waals surface area contributed by atoms with Crippen molar-refractivity contribution in [2.45, 2.75) is 25.4 Å². The van der Waals surface area contributed by atoms with Crippen LogP contribution in [0.4, 0.5) is 0 Å². The smallest absolute Gasteiger partial charge is 0.189 e. The number of hydrogen-bond acceptors (Lipinski definition) is 4. The van der Waals surface area contributed by atoms with E-state index in [4.69, 9.17) is 19.9 Å². The third-order valence-corrected chi connectivity index (χ3v) is 3.14. The second kappa shape index (κ2) is 6.36. The van der Waals surface area contributed by atoms with Crippen LogP contribution in [0.15, 0.2) is 17.1 Å². The van der Waals surface area contributed by atoms with Gasteiger partial charge in [0.2, 0.25) is 0 Å². The van der Waals surface area contributed by atoms with Crippen LogP contribution >= 0.6 is 0 Å². The highest BCUT2D eigenvalue weighted by molar-refractivity contribution is 5.78. The first-order valence-corrected chi connectivity index (χ1v) is 6.53. The standard InChI is InChI=1S/C14H21N3O3/c1-18-11-7-13(20-3)12(19-2)6-9(11)8-16-14(15)17-10-4-5-10/h6-7,10H,4-5,8H2,1-3H3,(H3,15,16,17). The minimum atomic E-state index is 0.426. The molecule has 3 N–H and O–H groups in total. The Kier molecular flexibility index (Phi) is 4.55. The molecule has 0 heterocycles. The molecule has 0 unspecified atom stereocenters. The Hall–Kier alpha value is -2.11. The van der Waals surface area contributed by atoms with E-state index >= 15 is 0 Å². The molecule has 6 nitrogen and oxygen atoms in total. The first-order valence-electron chi connectivity index (χ1n) is 6.53.